The minimum atomic E-state index is -4.35. The van der Waals surface area contributed by atoms with Crippen LogP contribution in [0.4, 0.5) is 18.9 Å². The Hall–Kier alpha value is -1.20. The molecule has 0 heterocycles. The second-order valence-electron chi connectivity index (χ2n) is 4.17. The minimum Gasteiger partial charge on any atom is -0.380 e. The SMILES string of the molecule is FC(F)(F)c1ccc(Br)c(NCc2ccc(Cl)cc2)c1. The van der Waals surface area contributed by atoms with E-state index >= 15 is 0 Å². The number of hydrogen-bond donors (Lipinski definition) is 1. The average Bonchev–Trinajstić information content (AvgIpc) is 2.38. The fourth-order valence-electron chi connectivity index (χ4n) is 1.64. The van der Waals surface area contributed by atoms with Gasteiger partial charge in [0.2, 0.25) is 0 Å². The first-order chi connectivity index (χ1) is 9.36. The number of anilines is 1. The summed E-state index contributed by atoms with van der Waals surface area (Å²) in [6.45, 7) is 0.414. The maximum atomic E-state index is 12.6. The molecule has 6 heteroatoms. The van der Waals surface area contributed by atoms with Crippen LogP contribution in [0.1, 0.15) is 11.1 Å². The highest BCUT2D eigenvalue weighted by atomic mass is 79.9. The van der Waals surface area contributed by atoms with Gasteiger partial charge in [-0.15, -0.1) is 0 Å². The maximum Gasteiger partial charge on any atom is 0.416 e. The van der Waals surface area contributed by atoms with E-state index in [-0.39, 0.29) is 0 Å². The van der Waals surface area contributed by atoms with Gasteiger partial charge >= 0.3 is 6.18 Å². The third-order valence-corrected chi connectivity index (χ3v) is 3.63. The Morgan fingerprint density at radius 1 is 1.05 bits per heavy atom. The molecule has 20 heavy (non-hydrogen) atoms. The Bertz CT molecular complexity index is 596. The molecule has 1 nitrogen and oxygen atoms in total. The third kappa shape index (κ3) is 3.90. The first kappa shape index (κ1) is 15.2. The van der Waals surface area contributed by atoms with Crippen LogP contribution in [-0.4, -0.2) is 0 Å². The first-order valence-corrected chi connectivity index (χ1v) is 6.88. The summed E-state index contributed by atoms with van der Waals surface area (Å²) in [5, 5.41) is 3.59. The molecule has 0 aliphatic heterocycles. The van der Waals surface area contributed by atoms with E-state index in [1.807, 2.05) is 12.1 Å². The van der Waals surface area contributed by atoms with Crippen LogP contribution in [0.15, 0.2) is 46.9 Å². The molecular weight excluding hydrogens is 355 g/mol. The second-order valence-corrected chi connectivity index (χ2v) is 5.46. The number of hydrogen-bond acceptors (Lipinski definition) is 1. The molecule has 106 valence electrons. The highest BCUT2D eigenvalue weighted by Crippen LogP contribution is 2.34. The molecular formula is C14H10BrClF3N. The van der Waals surface area contributed by atoms with Gasteiger partial charge < -0.3 is 5.32 Å². The quantitative estimate of drug-likeness (QED) is 0.733. The maximum absolute atomic E-state index is 12.6. The van der Waals surface area contributed by atoms with E-state index in [9.17, 15) is 13.2 Å². The lowest BCUT2D eigenvalue weighted by atomic mass is 10.2. The normalized spacial score (nSPS) is 11.4. The third-order valence-electron chi connectivity index (χ3n) is 2.69. The van der Waals surface area contributed by atoms with Crippen molar-refractivity contribution in [1.29, 1.82) is 0 Å². The Morgan fingerprint density at radius 3 is 2.30 bits per heavy atom. The molecule has 0 saturated carbocycles. The zero-order valence-corrected chi connectivity index (χ0v) is 12.5. The first-order valence-electron chi connectivity index (χ1n) is 5.71. The van der Waals surface area contributed by atoms with E-state index in [2.05, 4.69) is 21.2 Å². The van der Waals surface area contributed by atoms with Crippen LogP contribution in [-0.2, 0) is 12.7 Å². The van der Waals surface area contributed by atoms with Gasteiger partial charge in [-0.1, -0.05) is 23.7 Å². The molecule has 0 aliphatic rings. The molecule has 0 atom stereocenters. The summed E-state index contributed by atoms with van der Waals surface area (Å²) in [6, 6.07) is 10.6. The topological polar surface area (TPSA) is 12.0 Å². The lowest BCUT2D eigenvalue weighted by Crippen LogP contribution is -2.07. The fraction of sp³-hybridized carbons (Fsp3) is 0.143. The summed E-state index contributed by atoms with van der Waals surface area (Å²) in [5.74, 6) is 0. The van der Waals surface area contributed by atoms with Gasteiger partial charge in [-0.2, -0.15) is 13.2 Å². The van der Waals surface area contributed by atoms with Crippen LogP contribution >= 0.6 is 27.5 Å². The Morgan fingerprint density at radius 2 is 1.70 bits per heavy atom. The lowest BCUT2D eigenvalue weighted by Gasteiger charge is -2.12. The summed E-state index contributed by atoms with van der Waals surface area (Å²) >= 11 is 9.00. The van der Waals surface area contributed by atoms with Crippen molar-refractivity contribution in [2.75, 3.05) is 5.32 Å². The van der Waals surface area contributed by atoms with Crippen LogP contribution < -0.4 is 5.32 Å². The van der Waals surface area contributed by atoms with E-state index in [4.69, 9.17) is 11.6 Å². The van der Waals surface area contributed by atoms with E-state index in [1.165, 1.54) is 6.07 Å². The zero-order chi connectivity index (χ0) is 14.8. The highest BCUT2D eigenvalue weighted by molar-refractivity contribution is 9.10. The lowest BCUT2D eigenvalue weighted by molar-refractivity contribution is -0.137. The largest absolute Gasteiger partial charge is 0.416 e. The molecule has 0 unspecified atom stereocenters. The van der Waals surface area contributed by atoms with Crippen molar-refractivity contribution in [1.82, 2.24) is 0 Å². The van der Waals surface area contributed by atoms with Crippen molar-refractivity contribution in [2.24, 2.45) is 0 Å². The van der Waals surface area contributed by atoms with Crippen molar-refractivity contribution in [2.45, 2.75) is 12.7 Å². The van der Waals surface area contributed by atoms with Crippen LogP contribution in [0.25, 0.3) is 0 Å². The van der Waals surface area contributed by atoms with Gasteiger partial charge in [-0.25, -0.2) is 0 Å². The predicted molar refractivity (Wildman–Crippen MR) is 77.9 cm³/mol. The van der Waals surface area contributed by atoms with Crippen molar-refractivity contribution in [3.8, 4) is 0 Å². The number of alkyl halides is 3. The molecule has 0 radical (unpaired) electrons. The standard InChI is InChI=1S/C14H10BrClF3N/c15-12-6-3-10(14(17,18)19)7-13(12)20-8-9-1-4-11(16)5-2-9/h1-7,20H,8H2. The Labute approximate surface area is 127 Å². The second kappa shape index (κ2) is 6.06. The summed E-state index contributed by atoms with van der Waals surface area (Å²) in [6.07, 6.45) is -4.35. The Kier molecular flexibility index (Phi) is 4.60. The monoisotopic (exact) mass is 363 g/mol. The molecule has 0 aromatic heterocycles. The van der Waals surface area contributed by atoms with Crippen molar-refractivity contribution in [3.63, 3.8) is 0 Å². The molecule has 0 bridgehead atoms. The molecule has 2 aromatic rings. The van der Waals surface area contributed by atoms with Crippen molar-refractivity contribution in [3.05, 3.63) is 63.1 Å². The summed E-state index contributed by atoms with van der Waals surface area (Å²) in [5.41, 5.74) is 0.646. The zero-order valence-electron chi connectivity index (χ0n) is 10.1. The van der Waals surface area contributed by atoms with E-state index < -0.39 is 11.7 Å². The number of rotatable bonds is 3. The van der Waals surface area contributed by atoms with Crippen molar-refractivity contribution < 1.29 is 13.2 Å². The van der Waals surface area contributed by atoms with Gasteiger partial charge in [-0.3, -0.25) is 0 Å². The Balaban J connectivity index is 2.14. The van der Waals surface area contributed by atoms with Crippen molar-refractivity contribution >= 4 is 33.2 Å². The smallest absolute Gasteiger partial charge is 0.380 e. The van der Waals surface area contributed by atoms with E-state index in [1.54, 1.807) is 12.1 Å². The van der Waals surface area contributed by atoms with Crippen LogP contribution in [0.3, 0.4) is 0 Å². The van der Waals surface area contributed by atoms with Gasteiger partial charge in [-0.05, 0) is 51.8 Å². The molecule has 0 aliphatic carbocycles. The summed E-state index contributed by atoms with van der Waals surface area (Å²) in [4.78, 5) is 0. The molecule has 0 fully saturated rings. The predicted octanol–water partition coefficient (Wildman–Crippen LogP) is 5.73. The van der Waals surface area contributed by atoms with Gasteiger partial charge in [0.15, 0.2) is 0 Å². The summed E-state index contributed by atoms with van der Waals surface area (Å²) in [7, 11) is 0. The number of nitrogens with one attached hydrogen (secondary N) is 1. The average molecular weight is 365 g/mol. The highest BCUT2D eigenvalue weighted by Gasteiger charge is 2.30. The molecule has 2 aromatic carbocycles. The van der Waals surface area contributed by atoms with Crippen LogP contribution in [0.5, 0.6) is 0 Å². The molecule has 0 spiro atoms. The van der Waals surface area contributed by atoms with Gasteiger partial charge in [0.05, 0.1) is 5.56 Å². The fourth-order valence-corrected chi connectivity index (χ4v) is 2.15. The van der Waals surface area contributed by atoms with E-state index in [0.717, 1.165) is 17.7 Å². The molecule has 0 amide bonds. The van der Waals surface area contributed by atoms with Crippen LogP contribution in [0, 0.1) is 0 Å². The minimum absolute atomic E-state index is 0.398. The van der Waals surface area contributed by atoms with E-state index in [0.29, 0.717) is 21.7 Å². The van der Waals surface area contributed by atoms with Gasteiger partial charge in [0, 0.05) is 21.7 Å². The molecule has 2 rings (SSSR count). The van der Waals surface area contributed by atoms with Gasteiger partial charge in [0.1, 0.15) is 0 Å². The summed E-state index contributed by atoms with van der Waals surface area (Å²) < 4.78 is 38.5. The van der Waals surface area contributed by atoms with Gasteiger partial charge in [0.25, 0.3) is 0 Å². The number of halogens is 5. The molecule has 1 N–H and O–H groups in total. The number of benzene rings is 2. The molecule has 0 saturated heterocycles. The van der Waals surface area contributed by atoms with Crippen LogP contribution in [0.2, 0.25) is 5.02 Å².